The molecule has 0 atom stereocenters. The lowest BCUT2D eigenvalue weighted by Gasteiger charge is -2.26. The smallest absolute Gasteiger partial charge is 0.338 e. The molecule has 0 saturated carbocycles. The number of phenolic OH excluding ortho intramolecular Hbond substituents is 3. The summed E-state index contributed by atoms with van der Waals surface area (Å²) < 4.78 is 9.92. The number of hydrogen-bond donors (Lipinski definition) is 3. The summed E-state index contributed by atoms with van der Waals surface area (Å²) in [6.45, 7) is 1.33. The molecule has 114 valence electrons. The molecule has 1 aliphatic rings. The van der Waals surface area contributed by atoms with Gasteiger partial charge in [-0.15, -0.1) is 0 Å². The van der Waals surface area contributed by atoms with Crippen molar-refractivity contribution in [2.45, 2.75) is 0 Å². The van der Waals surface area contributed by atoms with Gasteiger partial charge < -0.3 is 29.7 Å². The SMILES string of the molecule is O=C(OCC(=O)N1CCOCC1)c1cc(O)c(O)c(O)c1. The van der Waals surface area contributed by atoms with Crippen LogP contribution >= 0.6 is 0 Å². The molecule has 0 unspecified atom stereocenters. The predicted molar refractivity (Wildman–Crippen MR) is 69.1 cm³/mol. The Hall–Kier alpha value is -2.48. The van der Waals surface area contributed by atoms with Gasteiger partial charge in [-0.05, 0) is 12.1 Å². The van der Waals surface area contributed by atoms with Crippen LogP contribution in [0.25, 0.3) is 0 Å². The van der Waals surface area contributed by atoms with Gasteiger partial charge in [-0.3, -0.25) is 4.79 Å². The van der Waals surface area contributed by atoms with Crippen LogP contribution in [0.4, 0.5) is 0 Å². The monoisotopic (exact) mass is 297 g/mol. The van der Waals surface area contributed by atoms with Gasteiger partial charge in [0.2, 0.25) is 0 Å². The highest BCUT2D eigenvalue weighted by molar-refractivity contribution is 5.92. The Morgan fingerprint density at radius 3 is 2.29 bits per heavy atom. The van der Waals surface area contributed by atoms with E-state index in [1.807, 2.05) is 0 Å². The third-order valence-electron chi connectivity index (χ3n) is 3.00. The Bertz CT molecular complexity index is 528. The molecule has 1 aromatic rings. The molecule has 1 heterocycles. The summed E-state index contributed by atoms with van der Waals surface area (Å²) in [6.07, 6.45) is 0. The van der Waals surface area contributed by atoms with Gasteiger partial charge in [-0.25, -0.2) is 4.79 Å². The molecule has 3 N–H and O–H groups in total. The zero-order valence-electron chi connectivity index (χ0n) is 11.1. The summed E-state index contributed by atoms with van der Waals surface area (Å²) in [5, 5.41) is 27.8. The van der Waals surface area contributed by atoms with Crippen molar-refractivity contribution in [2.75, 3.05) is 32.9 Å². The van der Waals surface area contributed by atoms with Crippen LogP contribution in [0.2, 0.25) is 0 Å². The molecule has 1 aliphatic heterocycles. The topological polar surface area (TPSA) is 117 Å². The number of benzene rings is 1. The minimum absolute atomic E-state index is 0.169. The van der Waals surface area contributed by atoms with Gasteiger partial charge in [0, 0.05) is 13.1 Å². The molecule has 0 spiro atoms. The molecule has 0 radical (unpaired) electrons. The van der Waals surface area contributed by atoms with Gasteiger partial charge >= 0.3 is 5.97 Å². The Morgan fingerprint density at radius 2 is 1.71 bits per heavy atom. The van der Waals surface area contributed by atoms with Crippen molar-refractivity contribution in [3.8, 4) is 17.2 Å². The van der Waals surface area contributed by atoms with Crippen LogP contribution in [0, 0.1) is 0 Å². The molecule has 21 heavy (non-hydrogen) atoms. The average Bonchev–Trinajstić information content (AvgIpc) is 2.50. The largest absolute Gasteiger partial charge is 0.504 e. The average molecular weight is 297 g/mol. The van der Waals surface area contributed by atoms with E-state index in [-0.39, 0.29) is 11.5 Å². The number of hydrogen-bond acceptors (Lipinski definition) is 7. The Kier molecular flexibility index (Phi) is 4.49. The lowest BCUT2D eigenvalue weighted by Crippen LogP contribution is -2.42. The molecule has 1 saturated heterocycles. The van der Waals surface area contributed by atoms with Crippen LogP contribution in [0.1, 0.15) is 10.4 Å². The normalized spacial score (nSPS) is 14.8. The molecule has 8 heteroatoms. The number of nitrogens with zero attached hydrogens (tertiary/aromatic N) is 1. The molecular formula is C13H15NO7. The van der Waals surface area contributed by atoms with Crippen LogP contribution in [0.3, 0.4) is 0 Å². The molecule has 8 nitrogen and oxygen atoms in total. The molecule has 1 aromatic carbocycles. The highest BCUT2D eigenvalue weighted by Crippen LogP contribution is 2.35. The van der Waals surface area contributed by atoms with E-state index < -0.39 is 29.8 Å². The van der Waals surface area contributed by atoms with Crippen molar-refractivity contribution in [1.29, 1.82) is 0 Å². The standard InChI is InChI=1S/C13H15NO7/c15-9-5-8(6-10(16)12(9)18)13(19)21-7-11(17)14-1-3-20-4-2-14/h5-6,15-16,18H,1-4,7H2. The maximum atomic E-state index is 11.8. The summed E-state index contributed by atoms with van der Waals surface area (Å²) in [7, 11) is 0. The van der Waals surface area contributed by atoms with E-state index in [0.717, 1.165) is 12.1 Å². The summed E-state index contributed by atoms with van der Waals surface area (Å²) in [5.74, 6) is -3.26. The van der Waals surface area contributed by atoms with Gasteiger partial charge in [0.05, 0.1) is 18.8 Å². The third kappa shape index (κ3) is 3.54. The summed E-state index contributed by atoms with van der Waals surface area (Å²) in [4.78, 5) is 25.0. The summed E-state index contributed by atoms with van der Waals surface area (Å²) >= 11 is 0. The predicted octanol–water partition coefficient (Wildman–Crippen LogP) is -0.181. The van der Waals surface area contributed by atoms with Gasteiger partial charge in [0.15, 0.2) is 23.9 Å². The highest BCUT2D eigenvalue weighted by Gasteiger charge is 2.20. The van der Waals surface area contributed by atoms with E-state index in [1.54, 1.807) is 0 Å². The van der Waals surface area contributed by atoms with Crippen LogP contribution in [0.5, 0.6) is 17.2 Å². The maximum Gasteiger partial charge on any atom is 0.338 e. The fraction of sp³-hybridized carbons (Fsp3) is 0.385. The first-order valence-corrected chi connectivity index (χ1v) is 6.26. The number of amides is 1. The first-order chi connectivity index (χ1) is 9.99. The van der Waals surface area contributed by atoms with E-state index in [9.17, 15) is 24.9 Å². The number of esters is 1. The van der Waals surface area contributed by atoms with Crippen LogP contribution in [-0.2, 0) is 14.3 Å². The molecule has 0 aromatic heterocycles. The van der Waals surface area contributed by atoms with Crippen molar-refractivity contribution in [3.63, 3.8) is 0 Å². The molecule has 1 fully saturated rings. The minimum Gasteiger partial charge on any atom is -0.504 e. The number of carbonyl (C=O) groups excluding carboxylic acids is 2. The number of carbonyl (C=O) groups is 2. The van der Waals surface area contributed by atoms with Gasteiger partial charge in [0.1, 0.15) is 0 Å². The molecule has 2 rings (SSSR count). The first-order valence-electron chi connectivity index (χ1n) is 6.26. The lowest BCUT2D eigenvalue weighted by molar-refractivity contribution is -0.138. The fourth-order valence-electron chi connectivity index (χ4n) is 1.84. The quantitative estimate of drug-likeness (QED) is 0.523. The minimum atomic E-state index is -0.887. The highest BCUT2D eigenvalue weighted by atomic mass is 16.5. The number of aromatic hydroxyl groups is 3. The number of rotatable bonds is 3. The lowest BCUT2D eigenvalue weighted by atomic mass is 10.2. The van der Waals surface area contributed by atoms with Crippen molar-refractivity contribution in [1.82, 2.24) is 4.90 Å². The van der Waals surface area contributed by atoms with Crippen molar-refractivity contribution in [2.24, 2.45) is 0 Å². The second-order valence-corrected chi connectivity index (χ2v) is 4.43. The Labute approximate surface area is 120 Å². The van der Waals surface area contributed by atoms with E-state index in [1.165, 1.54) is 4.90 Å². The summed E-state index contributed by atoms with van der Waals surface area (Å²) in [6, 6.07) is 1.88. The molecule has 0 bridgehead atoms. The van der Waals surface area contributed by atoms with Crippen molar-refractivity contribution in [3.05, 3.63) is 17.7 Å². The third-order valence-corrected chi connectivity index (χ3v) is 3.00. The Morgan fingerprint density at radius 1 is 1.14 bits per heavy atom. The fourth-order valence-corrected chi connectivity index (χ4v) is 1.84. The van der Waals surface area contributed by atoms with Crippen molar-refractivity contribution >= 4 is 11.9 Å². The second kappa shape index (κ2) is 6.31. The first kappa shape index (κ1) is 14.9. The van der Waals surface area contributed by atoms with Gasteiger partial charge in [0.25, 0.3) is 5.91 Å². The van der Waals surface area contributed by atoms with E-state index in [0.29, 0.717) is 26.3 Å². The number of phenols is 3. The van der Waals surface area contributed by atoms with Crippen LogP contribution < -0.4 is 0 Å². The number of ether oxygens (including phenoxy) is 2. The van der Waals surface area contributed by atoms with Crippen molar-refractivity contribution < 1.29 is 34.4 Å². The molecule has 1 amide bonds. The maximum absolute atomic E-state index is 11.8. The summed E-state index contributed by atoms with van der Waals surface area (Å²) in [5.41, 5.74) is -0.169. The van der Waals surface area contributed by atoms with Crippen LogP contribution in [0.15, 0.2) is 12.1 Å². The van der Waals surface area contributed by atoms with E-state index >= 15 is 0 Å². The molecule has 0 aliphatic carbocycles. The van der Waals surface area contributed by atoms with E-state index in [2.05, 4.69) is 0 Å². The van der Waals surface area contributed by atoms with E-state index in [4.69, 9.17) is 9.47 Å². The number of morpholine rings is 1. The van der Waals surface area contributed by atoms with Gasteiger partial charge in [-0.2, -0.15) is 0 Å². The van der Waals surface area contributed by atoms with Gasteiger partial charge in [-0.1, -0.05) is 0 Å². The molecular weight excluding hydrogens is 282 g/mol. The zero-order chi connectivity index (χ0) is 15.4. The van der Waals surface area contributed by atoms with Crippen LogP contribution in [-0.4, -0.2) is 65.0 Å². The second-order valence-electron chi connectivity index (χ2n) is 4.43. The zero-order valence-corrected chi connectivity index (χ0v) is 11.1. The Balaban J connectivity index is 1.94.